The molecule has 0 aliphatic carbocycles. The molecule has 0 saturated heterocycles. The first-order valence-electron chi connectivity index (χ1n) is 7.93. The number of nitrogens with zero attached hydrogens (tertiary/aromatic N) is 3. The summed E-state index contributed by atoms with van der Waals surface area (Å²) in [5, 5.41) is 2.95. The first-order chi connectivity index (χ1) is 11.0. The lowest BCUT2D eigenvalue weighted by Crippen LogP contribution is -2.21. The molecular formula is C18H24N4O. The van der Waals surface area contributed by atoms with E-state index >= 15 is 0 Å². The lowest BCUT2D eigenvalue weighted by atomic mass is 10.1. The molecule has 1 heterocycles. The van der Waals surface area contributed by atoms with Gasteiger partial charge in [0.2, 0.25) is 5.95 Å². The Bertz CT molecular complexity index is 647. The maximum atomic E-state index is 12.4. The van der Waals surface area contributed by atoms with Crippen molar-refractivity contribution < 1.29 is 4.79 Å². The fraction of sp³-hybridized carbons (Fsp3) is 0.389. The van der Waals surface area contributed by atoms with E-state index in [4.69, 9.17) is 0 Å². The summed E-state index contributed by atoms with van der Waals surface area (Å²) in [6.07, 6.45) is 5.37. The lowest BCUT2D eigenvalue weighted by Gasteiger charge is -2.16. The van der Waals surface area contributed by atoms with Gasteiger partial charge in [-0.05, 0) is 31.4 Å². The van der Waals surface area contributed by atoms with Gasteiger partial charge < -0.3 is 10.2 Å². The van der Waals surface area contributed by atoms with Crippen LogP contribution in [0.1, 0.15) is 41.3 Å². The van der Waals surface area contributed by atoms with Gasteiger partial charge in [0.05, 0.1) is 5.56 Å². The van der Waals surface area contributed by atoms with Crippen LogP contribution in [0.15, 0.2) is 30.6 Å². The molecule has 1 aromatic heterocycles. The molecule has 0 bridgehead atoms. The number of amides is 1. The molecule has 0 aliphatic rings. The van der Waals surface area contributed by atoms with Crippen molar-refractivity contribution in [1.29, 1.82) is 0 Å². The molecule has 5 heteroatoms. The molecule has 0 radical (unpaired) electrons. The molecule has 122 valence electrons. The molecule has 5 nitrogen and oxygen atoms in total. The van der Waals surface area contributed by atoms with E-state index in [2.05, 4.69) is 22.2 Å². The van der Waals surface area contributed by atoms with Crippen LogP contribution in [0.25, 0.3) is 0 Å². The fourth-order valence-electron chi connectivity index (χ4n) is 2.33. The van der Waals surface area contributed by atoms with Crippen molar-refractivity contribution in [3.05, 3.63) is 47.3 Å². The second-order valence-corrected chi connectivity index (χ2v) is 5.77. The summed E-state index contributed by atoms with van der Waals surface area (Å²) in [4.78, 5) is 22.9. The summed E-state index contributed by atoms with van der Waals surface area (Å²) in [7, 11) is 1.96. The van der Waals surface area contributed by atoms with Crippen molar-refractivity contribution in [2.24, 2.45) is 0 Å². The molecule has 0 aliphatic heterocycles. The van der Waals surface area contributed by atoms with Crippen molar-refractivity contribution in [2.45, 2.75) is 33.6 Å². The molecule has 0 spiro atoms. The largest absolute Gasteiger partial charge is 0.344 e. The van der Waals surface area contributed by atoms with Crippen molar-refractivity contribution in [2.75, 3.05) is 23.8 Å². The summed E-state index contributed by atoms with van der Waals surface area (Å²) in [5.41, 5.74) is 3.38. The summed E-state index contributed by atoms with van der Waals surface area (Å²) in [5.74, 6) is 0.451. The lowest BCUT2D eigenvalue weighted by molar-refractivity contribution is 0.102. The maximum absolute atomic E-state index is 12.4. The minimum Gasteiger partial charge on any atom is -0.344 e. The zero-order chi connectivity index (χ0) is 16.8. The minimum absolute atomic E-state index is 0.190. The van der Waals surface area contributed by atoms with Gasteiger partial charge in [0.1, 0.15) is 0 Å². The molecule has 0 atom stereocenters. The third-order valence-corrected chi connectivity index (χ3v) is 3.81. The maximum Gasteiger partial charge on any atom is 0.258 e. The third kappa shape index (κ3) is 4.28. The average molecular weight is 312 g/mol. The van der Waals surface area contributed by atoms with Gasteiger partial charge in [0.15, 0.2) is 0 Å². The highest BCUT2D eigenvalue weighted by Gasteiger charge is 2.11. The zero-order valence-corrected chi connectivity index (χ0v) is 14.3. The Morgan fingerprint density at radius 1 is 1.17 bits per heavy atom. The van der Waals surface area contributed by atoms with Gasteiger partial charge in [-0.2, -0.15) is 0 Å². The van der Waals surface area contributed by atoms with Crippen LogP contribution >= 0.6 is 0 Å². The van der Waals surface area contributed by atoms with E-state index in [9.17, 15) is 4.79 Å². The molecule has 23 heavy (non-hydrogen) atoms. The second-order valence-electron chi connectivity index (χ2n) is 5.77. The molecule has 0 unspecified atom stereocenters. The Hall–Kier alpha value is -2.43. The van der Waals surface area contributed by atoms with Gasteiger partial charge in [0, 0.05) is 31.7 Å². The number of hydrogen-bond donors (Lipinski definition) is 1. The monoisotopic (exact) mass is 312 g/mol. The Morgan fingerprint density at radius 3 is 2.35 bits per heavy atom. The third-order valence-electron chi connectivity index (χ3n) is 3.81. The molecule has 0 saturated carbocycles. The average Bonchev–Trinajstić information content (AvgIpc) is 2.56. The van der Waals surface area contributed by atoms with E-state index in [1.54, 1.807) is 12.4 Å². The zero-order valence-electron chi connectivity index (χ0n) is 14.3. The van der Waals surface area contributed by atoms with Crippen molar-refractivity contribution >= 4 is 17.5 Å². The molecule has 1 N–H and O–H groups in total. The van der Waals surface area contributed by atoms with Crippen LogP contribution in [0.2, 0.25) is 0 Å². The van der Waals surface area contributed by atoms with Gasteiger partial charge in [0.25, 0.3) is 5.91 Å². The first-order valence-corrected chi connectivity index (χ1v) is 7.93. The normalized spacial score (nSPS) is 10.4. The fourth-order valence-corrected chi connectivity index (χ4v) is 2.33. The number of nitrogens with one attached hydrogen (secondary N) is 1. The number of anilines is 2. The Labute approximate surface area is 137 Å². The number of aromatic nitrogens is 2. The Balaban J connectivity index is 2.08. The number of para-hydroxylation sites is 1. The van der Waals surface area contributed by atoms with Gasteiger partial charge in [-0.1, -0.05) is 31.5 Å². The van der Waals surface area contributed by atoms with Crippen LogP contribution in [0.5, 0.6) is 0 Å². The predicted molar refractivity (Wildman–Crippen MR) is 94.1 cm³/mol. The summed E-state index contributed by atoms with van der Waals surface area (Å²) >= 11 is 0. The SMILES string of the molecule is CCCCN(C)c1ncc(C(=O)Nc2c(C)cccc2C)cn1. The highest BCUT2D eigenvalue weighted by atomic mass is 16.1. The first kappa shape index (κ1) is 16.9. The van der Waals surface area contributed by atoms with Gasteiger partial charge in [-0.15, -0.1) is 0 Å². The predicted octanol–water partition coefficient (Wildman–Crippen LogP) is 3.58. The summed E-state index contributed by atoms with van der Waals surface area (Å²) < 4.78 is 0. The molecule has 2 rings (SSSR count). The number of rotatable bonds is 6. The number of hydrogen-bond acceptors (Lipinski definition) is 4. The number of carbonyl (C=O) groups excluding carboxylic acids is 1. The van der Waals surface area contributed by atoms with Gasteiger partial charge in [-0.25, -0.2) is 9.97 Å². The van der Waals surface area contributed by atoms with Crippen LogP contribution in [-0.4, -0.2) is 29.5 Å². The number of aryl methyl sites for hydroxylation is 2. The quantitative estimate of drug-likeness (QED) is 0.885. The molecule has 1 aromatic carbocycles. The van der Waals surface area contributed by atoms with E-state index in [-0.39, 0.29) is 5.91 Å². The highest BCUT2D eigenvalue weighted by molar-refractivity contribution is 6.04. The number of unbranched alkanes of at least 4 members (excludes halogenated alkanes) is 1. The minimum atomic E-state index is -0.190. The van der Waals surface area contributed by atoms with Crippen molar-refractivity contribution in [3.8, 4) is 0 Å². The second kappa shape index (κ2) is 7.72. The molecule has 1 amide bonds. The smallest absolute Gasteiger partial charge is 0.258 e. The van der Waals surface area contributed by atoms with Crippen LogP contribution < -0.4 is 10.2 Å². The van der Waals surface area contributed by atoms with E-state index in [1.807, 2.05) is 44.0 Å². The highest BCUT2D eigenvalue weighted by Crippen LogP contribution is 2.20. The van der Waals surface area contributed by atoms with Gasteiger partial charge in [-0.3, -0.25) is 4.79 Å². The summed E-state index contributed by atoms with van der Waals surface area (Å²) in [6, 6.07) is 5.93. The van der Waals surface area contributed by atoms with Crippen LogP contribution in [0, 0.1) is 13.8 Å². The standard InChI is InChI=1S/C18H24N4O/c1-5-6-10-22(4)18-19-11-15(12-20-18)17(23)21-16-13(2)8-7-9-14(16)3/h7-9,11-12H,5-6,10H2,1-4H3,(H,21,23). The van der Waals surface area contributed by atoms with E-state index in [1.165, 1.54) is 0 Å². The molecular weight excluding hydrogens is 288 g/mol. The van der Waals surface area contributed by atoms with E-state index in [0.29, 0.717) is 11.5 Å². The molecule has 0 fully saturated rings. The summed E-state index contributed by atoms with van der Waals surface area (Å²) in [6.45, 7) is 7.01. The number of benzene rings is 1. The van der Waals surface area contributed by atoms with Gasteiger partial charge >= 0.3 is 0 Å². The van der Waals surface area contributed by atoms with E-state index < -0.39 is 0 Å². The van der Waals surface area contributed by atoms with Crippen LogP contribution in [0.4, 0.5) is 11.6 Å². The Morgan fingerprint density at radius 2 is 1.78 bits per heavy atom. The molecule has 2 aromatic rings. The van der Waals surface area contributed by atoms with Crippen molar-refractivity contribution in [3.63, 3.8) is 0 Å². The number of carbonyl (C=O) groups is 1. The van der Waals surface area contributed by atoms with Crippen LogP contribution in [-0.2, 0) is 0 Å². The van der Waals surface area contributed by atoms with Crippen LogP contribution in [0.3, 0.4) is 0 Å². The topological polar surface area (TPSA) is 58.1 Å². The Kier molecular flexibility index (Phi) is 5.68. The van der Waals surface area contributed by atoms with Crippen molar-refractivity contribution in [1.82, 2.24) is 9.97 Å². The van der Waals surface area contributed by atoms with E-state index in [0.717, 1.165) is 36.2 Å².